The topological polar surface area (TPSA) is 73.1 Å². The smallest absolute Gasteiger partial charge is 0.225 e. The summed E-state index contributed by atoms with van der Waals surface area (Å²) in [6, 6.07) is 15.0. The average molecular weight is 424 g/mol. The number of nitriles is 1. The van der Waals surface area contributed by atoms with Crippen LogP contribution in [-0.2, 0) is 4.79 Å². The van der Waals surface area contributed by atoms with Gasteiger partial charge < -0.3 is 9.80 Å². The van der Waals surface area contributed by atoms with Gasteiger partial charge >= 0.3 is 0 Å². The number of nitrogens with zero attached hydrogens (tertiary/aromatic N) is 5. The van der Waals surface area contributed by atoms with Crippen LogP contribution in [0.1, 0.15) is 42.7 Å². The molecule has 0 spiro atoms. The summed E-state index contributed by atoms with van der Waals surface area (Å²) in [7, 11) is 0. The minimum Gasteiger partial charge on any atom is -0.347 e. The van der Waals surface area contributed by atoms with Crippen molar-refractivity contribution >= 4 is 22.5 Å². The van der Waals surface area contributed by atoms with Gasteiger partial charge in [0.2, 0.25) is 5.91 Å². The Balaban J connectivity index is 1.12. The quantitative estimate of drug-likeness (QED) is 0.639. The van der Waals surface area contributed by atoms with E-state index in [0.29, 0.717) is 29.5 Å². The second kappa shape index (κ2) is 7.59. The third-order valence-corrected chi connectivity index (χ3v) is 7.58. The molecule has 3 aliphatic rings. The van der Waals surface area contributed by atoms with Crippen LogP contribution in [0.3, 0.4) is 0 Å². The van der Waals surface area contributed by atoms with E-state index < -0.39 is 0 Å². The van der Waals surface area contributed by atoms with Crippen molar-refractivity contribution in [2.45, 2.75) is 43.7 Å². The number of likely N-dealkylation sites (tertiary alicyclic amines) is 1. The Morgan fingerprint density at radius 1 is 1.03 bits per heavy atom. The molecule has 1 saturated carbocycles. The summed E-state index contributed by atoms with van der Waals surface area (Å²) in [5.74, 6) is 1.84. The normalized spacial score (nSPS) is 26.6. The van der Waals surface area contributed by atoms with E-state index in [-0.39, 0.29) is 5.92 Å². The Labute approximate surface area is 187 Å². The maximum absolute atomic E-state index is 13.3. The second-order valence-corrected chi connectivity index (χ2v) is 9.36. The summed E-state index contributed by atoms with van der Waals surface area (Å²) in [6.07, 6.45) is 9.47. The summed E-state index contributed by atoms with van der Waals surface area (Å²) in [4.78, 5) is 26.5. The summed E-state index contributed by atoms with van der Waals surface area (Å²) in [6.45, 7) is 1.55. The van der Waals surface area contributed by atoms with Crippen LogP contribution in [0.2, 0.25) is 0 Å². The maximum Gasteiger partial charge on any atom is 0.225 e. The van der Waals surface area contributed by atoms with E-state index in [0.717, 1.165) is 44.6 Å². The SMILES string of the molecule is N#Cc1ccc(N2C3CCC2CN(C(=O)C2CC(c4cccc5cnccc45)C2)C3)nc1. The van der Waals surface area contributed by atoms with Crippen LogP contribution < -0.4 is 4.90 Å². The number of fused-ring (bicyclic) bond motifs is 3. The van der Waals surface area contributed by atoms with Gasteiger partial charge in [0.25, 0.3) is 0 Å². The predicted octanol–water partition coefficient (Wildman–Crippen LogP) is 3.87. The summed E-state index contributed by atoms with van der Waals surface area (Å²) < 4.78 is 0. The molecule has 160 valence electrons. The van der Waals surface area contributed by atoms with Crippen molar-refractivity contribution in [3.8, 4) is 6.07 Å². The Kier molecular flexibility index (Phi) is 4.57. The van der Waals surface area contributed by atoms with Crippen LogP contribution in [0, 0.1) is 17.2 Å². The summed E-state index contributed by atoms with van der Waals surface area (Å²) in [5.41, 5.74) is 1.93. The van der Waals surface area contributed by atoms with E-state index in [4.69, 9.17) is 5.26 Å². The standard InChI is InChI=1S/C26H25N5O/c27-12-17-4-7-25(29-13-17)31-21-5-6-22(31)16-30(15-21)26(32)20-10-19(11-20)23-3-1-2-18-14-28-9-8-24(18)23/h1-4,7-9,13-14,19-22H,5-6,10-11,15-16H2. The summed E-state index contributed by atoms with van der Waals surface area (Å²) in [5, 5.41) is 11.5. The number of pyridine rings is 2. The van der Waals surface area contributed by atoms with Crippen molar-refractivity contribution in [2.24, 2.45) is 5.92 Å². The lowest BCUT2D eigenvalue weighted by Gasteiger charge is -2.45. The van der Waals surface area contributed by atoms with Crippen molar-refractivity contribution in [3.05, 3.63) is 66.1 Å². The molecule has 3 fully saturated rings. The minimum atomic E-state index is 0.135. The lowest BCUT2D eigenvalue weighted by Crippen LogP contribution is -2.57. The van der Waals surface area contributed by atoms with E-state index in [1.54, 1.807) is 6.20 Å². The first-order valence-electron chi connectivity index (χ1n) is 11.5. The van der Waals surface area contributed by atoms with Crippen LogP contribution in [0.4, 0.5) is 5.82 Å². The molecule has 0 radical (unpaired) electrons. The molecule has 2 atom stereocenters. The Bertz CT molecular complexity index is 1190. The minimum absolute atomic E-state index is 0.135. The zero-order chi connectivity index (χ0) is 21.7. The van der Waals surface area contributed by atoms with E-state index in [2.05, 4.69) is 50.1 Å². The number of anilines is 1. The molecule has 6 heteroatoms. The lowest BCUT2D eigenvalue weighted by atomic mass is 9.70. The van der Waals surface area contributed by atoms with E-state index >= 15 is 0 Å². The average Bonchev–Trinajstić information content (AvgIpc) is 3.07. The molecule has 6 nitrogen and oxygen atoms in total. The monoisotopic (exact) mass is 423 g/mol. The van der Waals surface area contributed by atoms with Crippen LogP contribution in [0.25, 0.3) is 10.8 Å². The van der Waals surface area contributed by atoms with Crippen molar-refractivity contribution in [1.82, 2.24) is 14.9 Å². The van der Waals surface area contributed by atoms with Crippen molar-refractivity contribution < 1.29 is 4.79 Å². The third kappa shape index (κ3) is 3.12. The fourth-order valence-electron chi connectivity index (χ4n) is 5.90. The third-order valence-electron chi connectivity index (χ3n) is 7.58. The molecule has 2 saturated heterocycles. The molecule has 2 aromatic heterocycles. The summed E-state index contributed by atoms with van der Waals surface area (Å²) >= 11 is 0. The van der Waals surface area contributed by atoms with Crippen LogP contribution in [0.15, 0.2) is 55.0 Å². The Hall–Kier alpha value is -3.46. The van der Waals surface area contributed by atoms with Gasteiger partial charge in [0.05, 0.1) is 5.56 Å². The molecular weight excluding hydrogens is 398 g/mol. The molecule has 2 unspecified atom stereocenters. The predicted molar refractivity (Wildman–Crippen MR) is 122 cm³/mol. The zero-order valence-electron chi connectivity index (χ0n) is 17.9. The molecule has 2 aliphatic heterocycles. The highest BCUT2D eigenvalue weighted by Crippen LogP contribution is 2.45. The van der Waals surface area contributed by atoms with Gasteiger partial charge in [0.1, 0.15) is 11.9 Å². The molecule has 1 aliphatic carbocycles. The number of benzene rings is 1. The molecule has 3 aromatic rings. The van der Waals surface area contributed by atoms with Crippen molar-refractivity contribution in [2.75, 3.05) is 18.0 Å². The number of hydrogen-bond acceptors (Lipinski definition) is 5. The first-order valence-corrected chi connectivity index (χ1v) is 11.5. The van der Waals surface area contributed by atoms with Gasteiger partial charge in [0.15, 0.2) is 0 Å². The number of rotatable bonds is 3. The molecule has 1 amide bonds. The first-order chi connectivity index (χ1) is 15.7. The highest BCUT2D eigenvalue weighted by atomic mass is 16.2. The highest BCUT2D eigenvalue weighted by Gasteiger charge is 2.45. The Morgan fingerprint density at radius 2 is 1.84 bits per heavy atom. The van der Waals surface area contributed by atoms with E-state index in [1.165, 1.54) is 16.3 Å². The molecule has 0 N–H and O–H groups in total. The van der Waals surface area contributed by atoms with Gasteiger partial charge in [-0.3, -0.25) is 9.78 Å². The van der Waals surface area contributed by atoms with Gasteiger partial charge in [-0.15, -0.1) is 0 Å². The van der Waals surface area contributed by atoms with E-state index in [1.807, 2.05) is 24.5 Å². The van der Waals surface area contributed by atoms with Gasteiger partial charge in [-0.1, -0.05) is 18.2 Å². The molecule has 32 heavy (non-hydrogen) atoms. The number of hydrogen-bond donors (Lipinski definition) is 0. The zero-order valence-corrected chi connectivity index (χ0v) is 17.9. The number of piperazine rings is 1. The second-order valence-electron chi connectivity index (χ2n) is 9.36. The number of carbonyl (C=O) groups excluding carboxylic acids is 1. The van der Waals surface area contributed by atoms with E-state index in [9.17, 15) is 4.79 Å². The van der Waals surface area contributed by atoms with Gasteiger partial charge in [-0.25, -0.2) is 4.98 Å². The van der Waals surface area contributed by atoms with Gasteiger partial charge in [0, 0.05) is 55.1 Å². The van der Waals surface area contributed by atoms with Crippen LogP contribution in [-0.4, -0.2) is 45.9 Å². The maximum atomic E-state index is 13.3. The van der Waals surface area contributed by atoms with Crippen LogP contribution >= 0.6 is 0 Å². The molecule has 1 aromatic carbocycles. The van der Waals surface area contributed by atoms with Crippen LogP contribution in [0.5, 0.6) is 0 Å². The molecule has 2 bridgehead atoms. The van der Waals surface area contributed by atoms with Crippen molar-refractivity contribution in [1.29, 1.82) is 5.26 Å². The number of amides is 1. The fourth-order valence-corrected chi connectivity index (χ4v) is 5.90. The molecular formula is C26H25N5O. The largest absolute Gasteiger partial charge is 0.347 e. The molecule has 4 heterocycles. The van der Waals surface area contributed by atoms with Crippen molar-refractivity contribution in [3.63, 3.8) is 0 Å². The first kappa shape index (κ1) is 19.2. The molecule has 6 rings (SSSR count). The lowest BCUT2D eigenvalue weighted by molar-refractivity contribution is -0.139. The Morgan fingerprint density at radius 3 is 2.56 bits per heavy atom. The number of aromatic nitrogens is 2. The van der Waals surface area contributed by atoms with Gasteiger partial charge in [-0.05, 0) is 60.7 Å². The van der Waals surface area contributed by atoms with Gasteiger partial charge in [-0.2, -0.15) is 5.26 Å². The highest BCUT2D eigenvalue weighted by molar-refractivity contribution is 5.86. The fraction of sp³-hybridized carbons (Fsp3) is 0.385. The number of carbonyl (C=O) groups is 1.